The minimum Gasteiger partial charge on any atom is -0.476 e. The minimum absolute atomic E-state index is 0.173. The zero-order valence-corrected chi connectivity index (χ0v) is 9.02. The van der Waals surface area contributed by atoms with E-state index in [4.69, 9.17) is 9.94 Å². The van der Waals surface area contributed by atoms with Crippen LogP contribution in [-0.4, -0.2) is 10.1 Å². The summed E-state index contributed by atoms with van der Waals surface area (Å²) in [6, 6.07) is 5.97. The first-order valence-corrected chi connectivity index (χ1v) is 5.30. The zero-order valence-electron chi connectivity index (χ0n) is 8.20. The quantitative estimate of drug-likeness (QED) is 0.737. The van der Waals surface area contributed by atoms with Gasteiger partial charge in [0.2, 0.25) is 0 Å². The van der Waals surface area contributed by atoms with Gasteiger partial charge in [0.25, 0.3) is 0 Å². The molecule has 2 N–H and O–H groups in total. The normalized spacial score (nSPS) is 17.6. The van der Waals surface area contributed by atoms with Crippen molar-refractivity contribution in [1.82, 2.24) is 5.48 Å². The molecule has 1 aliphatic rings. The molecule has 0 saturated carbocycles. The molecule has 1 heterocycles. The summed E-state index contributed by atoms with van der Waals surface area (Å²) in [6.45, 7) is 4.53. The van der Waals surface area contributed by atoms with Gasteiger partial charge >= 0.3 is 0 Å². The number of benzene rings is 1. The number of hydroxylamine groups is 1. The number of ether oxygens (including phenoxy) is 1. The van der Waals surface area contributed by atoms with Gasteiger partial charge in [-0.05, 0) is 31.5 Å². The average Bonchev–Trinajstić information content (AvgIpc) is 2.38. The maximum Gasteiger partial charge on any atom is 0.153 e. The van der Waals surface area contributed by atoms with Crippen molar-refractivity contribution in [2.75, 3.05) is 0 Å². The molecule has 0 radical (unpaired) electrons. The van der Waals surface area contributed by atoms with Gasteiger partial charge in [-0.3, -0.25) is 0 Å². The van der Waals surface area contributed by atoms with Crippen LogP contribution in [0.4, 0.5) is 0 Å². The van der Waals surface area contributed by atoms with Gasteiger partial charge in [-0.25, -0.2) is 5.48 Å². The Kier molecular flexibility index (Phi) is 2.43. The largest absolute Gasteiger partial charge is 0.476 e. The molecule has 2 rings (SSSR count). The Morgan fingerprint density at radius 1 is 1.50 bits per heavy atom. The Labute approximate surface area is 87.4 Å². The van der Waals surface area contributed by atoms with Crippen molar-refractivity contribution >= 4 is 11.8 Å². The SMILES string of the molecule is CC1(C)Oc2cc(CNO)ccc2S1. The third kappa shape index (κ3) is 1.87. The van der Waals surface area contributed by atoms with Crippen LogP contribution in [0.1, 0.15) is 19.4 Å². The van der Waals surface area contributed by atoms with Crippen LogP contribution < -0.4 is 10.2 Å². The summed E-state index contributed by atoms with van der Waals surface area (Å²) in [4.78, 5) is 0.991. The van der Waals surface area contributed by atoms with Crippen LogP contribution in [0.2, 0.25) is 0 Å². The number of nitrogens with one attached hydrogen (secondary N) is 1. The molecule has 0 aliphatic carbocycles. The summed E-state index contributed by atoms with van der Waals surface area (Å²) >= 11 is 1.71. The van der Waals surface area contributed by atoms with E-state index in [-0.39, 0.29) is 4.93 Å². The molecule has 1 aromatic rings. The van der Waals surface area contributed by atoms with Gasteiger partial charge in [0.1, 0.15) is 5.75 Å². The van der Waals surface area contributed by atoms with E-state index in [9.17, 15) is 0 Å². The van der Waals surface area contributed by atoms with Crippen molar-refractivity contribution in [2.45, 2.75) is 30.2 Å². The number of fused-ring (bicyclic) bond motifs is 1. The number of hydrogen-bond donors (Lipinski definition) is 2. The molecule has 0 atom stereocenters. The van der Waals surface area contributed by atoms with Gasteiger partial charge in [0, 0.05) is 6.54 Å². The highest BCUT2D eigenvalue weighted by molar-refractivity contribution is 8.00. The Morgan fingerprint density at radius 2 is 2.29 bits per heavy atom. The van der Waals surface area contributed by atoms with Crippen molar-refractivity contribution in [3.8, 4) is 5.75 Å². The first-order chi connectivity index (χ1) is 6.61. The van der Waals surface area contributed by atoms with E-state index in [1.54, 1.807) is 11.8 Å². The first-order valence-electron chi connectivity index (χ1n) is 4.49. The summed E-state index contributed by atoms with van der Waals surface area (Å²) in [6.07, 6.45) is 0. The van der Waals surface area contributed by atoms with Gasteiger partial charge in [-0.15, -0.1) is 0 Å². The summed E-state index contributed by atoms with van der Waals surface area (Å²) in [7, 11) is 0. The van der Waals surface area contributed by atoms with Gasteiger partial charge in [0.05, 0.1) is 4.90 Å². The van der Waals surface area contributed by atoms with Crippen LogP contribution in [0.25, 0.3) is 0 Å². The lowest BCUT2D eigenvalue weighted by Gasteiger charge is -2.15. The maximum atomic E-state index is 8.57. The third-order valence-electron chi connectivity index (χ3n) is 2.00. The topological polar surface area (TPSA) is 41.5 Å². The van der Waals surface area contributed by atoms with Gasteiger partial charge in [-0.2, -0.15) is 0 Å². The molecule has 0 amide bonds. The predicted molar refractivity (Wildman–Crippen MR) is 55.6 cm³/mol. The summed E-state index contributed by atoms with van der Waals surface area (Å²) < 4.78 is 5.73. The molecular formula is C10H13NO2S. The van der Waals surface area contributed by atoms with Gasteiger partial charge < -0.3 is 9.94 Å². The first kappa shape index (κ1) is 9.83. The average molecular weight is 211 g/mol. The van der Waals surface area contributed by atoms with Crippen molar-refractivity contribution in [3.63, 3.8) is 0 Å². The molecule has 76 valence electrons. The van der Waals surface area contributed by atoms with Crippen LogP contribution in [0.3, 0.4) is 0 Å². The summed E-state index contributed by atoms with van der Waals surface area (Å²) in [5, 5.41) is 8.57. The second-order valence-electron chi connectivity index (χ2n) is 3.72. The van der Waals surface area contributed by atoms with Crippen LogP contribution in [-0.2, 0) is 6.54 Å². The van der Waals surface area contributed by atoms with Crippen molar-refractivity contribution < 1.29 is 9.94 Å². The van der Waals surface area contributed by atoms with E-state index in [2.05, 4.69) is 5.48 Å². The van der Waals surface area contributed by atoms with Crippen LogP contribution >= 0.6 is 11.8 Å². The number of thioether (sulfide) groups is 1. The highest BCUT2D eigenvalue weighted by Crippen LogP contribution is 2.47. The maximum absolute atomic E-state index is 8.57. The summed E-state index contributed by atoms with van der Waals surface area (Å²) in [5.41, 5.74) is 3.15. The van der Waals surface area contributed by atoms with Crippen molar-refractivity contribution in [2.24, 2.45) is 0 Å². The minimum atomic E-state index is -0.173. The number of rotatable bonds is 2. The van der Waals surface area contributed by atoms with E-state index in [0.717, 1.165) is 16.2 Å². The molecule has 0 unspecified atom stereocenters. The van der Waals surface area contributed by atoms with Gasteiger partial charge in [-0.1, -0.05) is 17.8 Å². The highest BCUT2D eigenvalue weighted by atomic mass is 32.2. The smallest absolute Gasteiger partial charge is 0.153 e. The molecule has 4 heteroatoms. The monoisotopic (exact) mass is 211 g/mol. The zero-order chi connectivity index (χ0) is 10.2. The van der Waals surface area contributed by atoms with Crippen LogP contribution in [0, 0.1) is 0 Å². The van der Waals surface area contributed by atoms with E-state index in [1.165, 1.54) is 0 Å². The Hall–Kier alpha value is -0.710. The van der Waals surface area contributed by atoms with E-state index in [1.807, 2.05) is 32.0 Å². The second-order valence-corrected chi connectivity index (χ2v) is 5.35. The van der Waals surface area contributed by atoms with Crippen LogP contribution in [0.5, 0.6) is 5.75 Å². The van der Waals surface area contributed by atoms with E-state index < -0.39 is 0 Å². The molecule has 1 aliphatic heterocycles. The van der Waals surface area contributed by atoms with Gasteiger partial charge in [0.15, 0.2) is 4.93 Å². The molecule has 0 fully saturated rings. The molecule has 0 bridgehead atoms. The number of hydrogen-bond acceptors (Lipinski definition) is 4. The highest BCUT2D eigenvalue weighted by Gasteiger charge is 2.30. The lowest BCUT2D eigenvalue weighted by Crippen LogP contribution is -2.18. The molecule has 3 nitrogen and oxygen atoms in total. The fraction of sp³-hybridized carbons (Fsp3) is 0.400. The predicted octanol–water partition coefficient (Wildman–Crippen LogP) is 2.39. The molecular weight excluding hydrogens is 198 g/mol. The van der Waals surface area contributed by atoms with Crippen molar-refractivity contribution in [1.29, 1.82) is 0 Å². The standard InChI is InChI=1S/C10H13NO2S/c1-10(2)13-8-5-7(6-11-12)3-4-9(8)14-10/h3-5,11-12H,6H2,1-2H3. The molecule has 0 saturated heterocycles. The molecule has 1 aromatic carbocycles. The molecule has 0 aromatic heterocycles. The lowest BCUT2D eigenvalue weighted by atomic mass is 10.2. The Balaban J connectivity index is 2.26. The lowest BCUT2D eigenvalue weighted by molar-refractivity contribution is 0.161. The van der Waals surface area contributed by atoms with Crippen molar-refractivity contribution in [3.05, 3.63) is 23.8 Å². The Bertz CT molecular complexity index is 352. The van der Waals surface area contributed by atoms with E-state index in [0.29, 0.717) is 6.54 Å². The molecule has 0 spiro atoms. The fourth-order valence-corrected chi connectivity index (χ4v) is 2.47. The Morgan fingerprint density at radius 3 is 3.00 bits per heavy atom. The second kappa shape index (κ2) is 3.46. The third-order valence-corrected chi connectivity index (χ3v) is 3.13. The fourth-order valence-electron chi connectivity index (χ4n) is 1.47. The van der Waals surface area contributed by atoms with Crippen LogP contribution in [0.15, 0.2) is 23.1 Å². The van der Waals surface area contributed by atoms with E-state index >= 15 is 0 Å². The molecule has 14 heavy (non-hydrogen) atoms. The summed E-state index contributed by atoms with van der Waals surface area (Å²) in [5.74, 6) is 0.910.